The first-order valence-electron chi connectivity index (χ1n) is 6.85. The molecule has 3 heteroatoms. The molecule has 0 saturated carbocycles. The largest absolute Gasteiger partial charge is 0.332 e. The number of hydrogen-bond donors (Lipinski definition) is 0. The van der Waals surface area contributed by atoms with Gasteiger partial charge < -0.3 is 4.57 Å². The summed E-state index contributed by atoms with van der Waals surface area (Å²) < 4.78 is 2.25. The highest BCUT2D eigenvalue weighted by Crippen LogP contribution is 2.25. The lowest BCUT2D eigenvalue weighted by Crippen LogP contribution is -2.07. The molecule has 2 heterocycles. The zero-order chi connectivity index (χ0) is 13.1. The van der Waals surface area contributed by atoms with Gasteiger partial charge in [0.25, 0.3) is 0 Å². The van der Waals surface area contributed by atoms with Gasteiger partial charge >= 0.3 is 0 Å². The van der Waals surface area contributed by atoms with Gasteiger partial charge in [-0.3, -0.25) is 0 Å². The quantitative estimate of drug-likeness (QED) is 0.694. The first kappa shape index (κ1) is 14.8. The molecule has 0 N–H and O–H groups in total. The summed E-state index contributed by atoms with van der Waals surface area (Å²) in [5, 5.41) is 0. The van der Waals surface area contributed by atoms with E-state index >= 15 is 0 Å². The molecule has 20 heavy (non-hydrogen) atoms. The van der Waals surface area contributed by atoms with Gasteiger partial charge in [-0.05, 0) is 36.1 Å². The van der Waals surface area contributed by atoms with Crippen LogP contribution in [-0.4, -0.2) is 9.55 Å². The van der Waals surface area contributed by atoms with Crippen molar-refractivity contribution in [2.24, 2.45) is 0 Å². The summed E-state index contributed by atoms with van der Waals surface area (Å²) >= 11 is 0. The molecule has 3 rings (SSSR count). The van der Waals surface area contributed by atoms with Gasteiger partial charge in [0.15, 0.2) is 0 Å². The molecule has 0 spiro atoms. The normalized spacial score (nSPS) is 10.4. The fourth-order valence-electron chi connectivity index (χ4n) is 2.53. The minimum atomic E-state index is 0. The third kappa shape index (κ3) is 2.93. The standard InChI is InChI=1S/C17H18N2.BrH/c1-2-15-10-13-19(17-16(15)8-11-18-17)12-9-14-6-4-3-5-7-14;/h3-8,10-11,13H,2,9,12H2,1H3;1H. The summed E-state index contributed by atoms with van der Waals surface area (Å²) in [6.07, 6.45) is 6.17. The Balaban J connectivity index is 0.00000147. The lowest BCUT2D eigenvalue weighted by atomic mass is 10.1. The lowest BCUT2D eigenvalue weighted by Gasteiger charge is -2.14. The van der Waals surface area contributed by atoms with E-state index < -0.39 is 0 Å². The second kappa shape index (κ2) is 6.71. The van der Waals surface area contributed by atoms with E-state index in [4.69, 9.17) is 0 Å². The van der Waals surface area contributed by atoms with Gasteiger partial charge in [0.1, 0.15) is 5.82 Å². The maximum atomic E-state index is 4.50. The highest BCUT2D eigenvalue weighted by molar-refractivity contribution is 8.93. The average Bonchev–Trinajstić information content (AvgIpc) is 2.95. The van der Waals surface area contributed by atoms with Gasteiger partial charge in [-0.25, -0.2) is 4.98 Å². The van der Waals surface area contributed by atoms with Crippen molar-refractivity contribution in [1.29, 1.82) is 0 Å². The van der Waals surface area contributed by atoms with E-state index in [1.54, 1.807) is 0 Å². The first-order chi connectivity index (χ1) is 9.38. The Morgan fingerprint density at radius 2 is 1.85 bits per heavy atom. The molecule has 2 aliphatic heterocycles. The van der Waals surface area contributed by atoms with Crippen molar-refractivity contribution in [3.05, 3.63) is 66.0 Å². The van der Waals surface area contributed by atoms with Gasteiger partial charge in [0, 0.05) is 24.5 Å². The number of pyridine rings is 1. The lowest BCUT2D eigenvalue weighted by molar-refractivity contribution is 0.687. The molecular formula is C17H19BrN2. The summed E-state index contributed by atoms with van der Waals surface area (Å²) in [4.78, 5) is 4.50. The summed E-state index contributed by atoms with van der Waals surface area (Å²) in [5.41, 5.74) is 4.04. The summed E-state index contributed by atoms with van der Waals surface area (Å²) in [5.74, 6) is 1.11. The zero-order valence-corrected chi connectivity index (χ0v) is 13.3. The Morgan fingerprint density at radius 3 is 2.60 bits per heavy atom. The number of fused-ring (bicyclic) bond motifs is 1. The molecule has 0 amide bonds. The SMILES string of the molecule is Br.CCc1ccn(CCc2ccccc2)c2nccc1-2. The number of nitrogens with zero attached hydrogens (tertiary/aromatic N) is 2. The van der Waals surface area contributed by atoms with Crippen LogP contribution in [-0.2, 0) is 19.4 Å². The minimum absolute atomic E-state index is 0. The van der Waals surface area contributed by atoms with Crippen LogP contribution in [0.15, 0.2) is 54.9 Å². The molecule has 0 fully saturated rings. The molecule has 0 bridgehead atoms. The van der Waals surface area contributed by atoms with Gasteiger partial charge in [-0.2, -0.15) is 0 Å². The van der Waals surface area contributed by atoms with Gasteiger partial charge in [-0.15, -0.1) is 17.0 Å². The molecule has 1 aromatic rings. The van der Waals surface area contributed by atoms with Crippen molar-refractivity contribution in [3.63, 3.8) is 0 Å². The van der Waals surface area contributed by atoms with Crippen LogP contribution in [0.5, 0.6) is 0 Å². The van der Waals surface area contributed by atoms with Crippen LogP contribution < -0.4 is 0 Å². The van der Waals surface area contributed by atoms with E-state index in [1.807, 2.05) is 6.20 Å². The van der Waals surface area contributed by atoms with Crippen molar-refractivity contribution < 1.29 is 0 Å². The summed E-state index contributed by atoms with van der Waals surface area (Å²) in [7, 11) is 0. The number of benzene rings is 1. The number of hydrogen-bond acceptors (Lipinski definition) is 1. The fourth-order valence-corrected chi connectivity index (χ4v) is 2.53. The average molecular weight is 331 g/mol. The van der Waals surface area contributed by atoms with E-state index in [-0.39, 0.29) is 17.0 Å². The van der Waals surface area contributed by atoms with Crippen molar-refractivity contribution in [2.45, 2.75) is 26.3 Å². The topological polar surface area (TPSA) is 17.8 Å². The highest BCUT2D eigenvalue weighted by atomic mass is 79.9. The third-order valence-electron chi connectivity index (χ3n) is 3.62. The van der Waals surface area contributed by atoms with Crippen LogP contribution in [0.1, 0.15) is 18.1 Å². The van der Waals surface area contributed by atoms with Crippen LogP contribution in [0, 0.1) is 0 Å². The molecule has 0 saturated heterocycles. The Labute approximate surface area is 130 Å². The molecule has 1 aromatic carbocycles. The Bertz CT molecular complexity index is 631. The Morgan fingerprint density at radius 1 is 1.05 bits per heavy atom. The molecule has 2 aliphatic rings. The third-order valence-corrected chi connectivity index (χ3v) is 3.62. The number of halogens is 1. The smallest absolute Gasteiger partial charge is 0.140 e. The van der Waals surface area contributed by atoms with Crippen LogP contribution in [0.25, 0.3) is 11.4 Å². The number of aryl methyl sites for hydroxylation is 3. The van der Waals surface area contributed by atoms with Crippen molar-refractivity contribution in [3.8, 4) is 11.4 Å². The molecule has 104 valence electrons. The Hall–Kier alpha value is -1.61. The van der Waals surface area contributed by atoms with Gasteiger partial charge in [0.2, 0.25) is 0 Å². The van der Waals surface area contributed by atoms with E-state index in [0.717, 1.165) is 25.2 Å². The van der Waals surface area contributed by atoms with Crippen LogP contribution >= 0.6 is 17.0 Å². The predicted octanol–water partition coefficient (Wildman–Crippen LogP) is 4.37. The van der Waals surface area contributed by atoms with Gasteiger partial charge in [-0.1, -0.05) is 37.3 Å². The van der Waals surface area contributed by atoms with Crippen molar-refractivity contribution in [1.82, 2.24) is 9.55 Å². The molecule has 0 aliphatic carbocycles. The van der Waals surface area contributed by atoms with E-state index in [0.29, 0.717) is 0 Å². The highest BCUT2D eigenvalue weighted by Gasteiger charge is 2.11. The molecule has 0 aromatic heterocycles. The fraction of sp³-hybridized carbons (Fsp3) is 0.235. The van der Waals surface area contributed by atoms with Crippen molar-refractivity contribution >= 4 is 17.0 Å². The van der Waals surface area contributed by atoms with Gasteiger partial charge in [0.05, 0.1) is 0 Å². The van der Waals surface area contributed by atoms with E-state index in [2.05, 4.69) is 65.1 Å². The first-order valence-corrected chi connectivity index (χ1v) is 6.85. The van der Waals surface area contributed by atoms with Crippen LogP contribution in [0.3, 0.4) is 0 Å². The zero-order valence-electron chi connectivity index (χ0n) is 11.6. The van der Waals surface area contributed by atoms with Crippen LogP contribution in [0.2, 0.25) is 0 Å². The summed E-state index contributed by atoms with van der Waals surface area (Å²) in [6.45, 7) is 3.16. The van der Waals surface area contributed by atoms with Crippen molar-refractivity contribution in [2.75, 3.05) is 0 Å². The Kier molecular flexibility index (Phi) is 4.96. The maximum Gasteiger partial charge on any atom is 0.140 e. The second-order valence-corrected chi connectivity index (χ2v) is 4.81. The summed E-state index contributed by atoms with van der Waals surface area (Å²) in [6, 6.07) is 14.9. The minimum Gasteiger partial charge on any atom is -0.332 e. The van der Waals surface area contributed by atoms with Crippen LogP contribution in [0.4, 0.5) is 0 Å². The maximum absolute atomic E-state index is 4.50. The molecule has 0 atom stereocenters. The number of aromatic nitrogens is 2. The molecular weight excluding hydrogens is 312 g/mol. The molecule has 0 radical (unpaired) electrons. The van der Waals surface area contributed by atoms with E-state index in [1.165, 1.54) is 16.7 Å². The predicted molar refractivity (Wildman–Crippen MR) is 88.7 cm³/mol. The number of rotatable bonds is 4. The van der Waals surface area contributed by atoms with E-state index in [9.17, 15) is 0 Å². The monoisotopic (exact) mass is 330 g/mol. The molecule has 2 nitrogen and oxygen atoms in total. The molecule has 0 unspecified atom stereocenters. The second-order valence-electron chi connectivity index (χ2n) is 4.81.